The van der Waals surface area contributed by atoms with Gasteiger partial charge in [0.2, 0.25) is 5.91 Å². The van der Waals surface area contributed by atoms with Crippen LogP contribution in [0.3, 0.4) is 0 Å². The summed E-state index contributed by atoms with van der Waals surface area (Å²) in [7, 11) is 5.26. The summed E-state index contributed by atoms with van der Waals surface area (Å²) in [6.45, 7) is 0.757. The lowest BCUT2D eigenvalue weighted by Crippen LogP contribution is -2.30. The fraction of sp³-hybridized carbons (Fsp3) is 0.500. The molecule has 0 fully saturated rings. The third kappa shape index (κ3) is 2.60. The molecule has 0 bridgehead atoms. The van der Waals surface area contributed by atoms with E-state index in [-0.39, 0.29) is 12.5 Å². The molecule has 78 valence electrons. The molecule has 0 aliphatic rings. The van der Waals surface area contributed by atoms with Gasteiger partial charge in [-0.3, -0.25) is 4.79 Å². The summed E-state index contributed by atoms with van der Waals surface area (Å²) >= 11 is 0. The van der Waals surface area contributed by atoms with Crippen LogP contribution in [0.25, 0.3) is 0 Å². The number of amides is 1. The van der Waals surface area contributed by atoms with E-state index in [2.05, 4.69) is 0 Å². The van der Waals surface area contributed by atoms with Crippen LogP contribution < -0.4 is 0 Å². The molecule has 0 atom stereocenters. The van der Waals surface area contributed by atoms with Gasteiger partial charge in [0.15, 0.2) is 0 Å². The van der Waals surface area contributed by atoms with Crippen LogP contribution in [0.1, 0.15) is 5.69 Å². The first-order valence-corrected chi connectivity index (χ1v) is 4.48. The summed E-state index contributed by atoms with van der Waals surface area (Å²) in [6.07, 6.45) is 1.96. The van der Waals surface area contributed by atoms with Crippen molar-refractivity contribution in [1.29, 1.82) is 0 Å². The Balaban J connectivity index is 2.52. The summed E-state index contributed by atoms with van der Waals surface area (Å²) in [5, 5.41) is 0. The van der Waals surface area contributed by atoms with Gasteiger partial charge in [-0.1, -0.05) is 0 Å². The van der Waals surface area contributed by atoms with E-state index >= 15 is 0 Å². The van der Waals surface area contributed by atoms with Crippen molar-refractivity contribution in [2.75, 3.05) is 20.8 Å². The normalized spacial score (nSPS) is 10.2. The Morgan fingerprint density at radius 2 is 2.36 bits per heavy atom. The first-order chi connectivity index (χ1) is 6.65. The molecule has 14 heavy (non-hydrogen) atoms. The van der Waals surface area contributed by atoms with Crippen molar-refractivity contribution in [2.45, 2.75) is 6.54 Å². The number of nitrogens with zero attached hydrogens (tertiary/aromatic N) is 2. The molecule has 0 N–H and O–H groups in total. The van der Waals surface area contributed by atoms with Gasteiger partial charge >= 0.3 is 0 Å². The van der Waals surface area contributed by atoms with Crippen LogP contribution in [-0.4, -0.2) is 36.1 Å². The Bertz CT molecular complexity index is 307. The van der Waals surface area contributed by atoms with Crippen LogP contribution in [0.5, 0.6) is 0 Å². The quantitative estimate of drug-likeness (QED) is 0.708. The molecule has 4 heteroatoms. The molecule has 1 amide bonds. The van der Waals surface area contributed by atoms with Crippen LogP contribution in [0, 0.1) is 0 Å². The second-order valence-electron chi connectivity index (χ2n) is 3.29. The van der Waals surface area contributed by atoms with Crippen molar-refractivity contribution in [2.24, 2.45) is 7.05 Å². The first-order valence-electron chi connectivity index (χ1n) is 4.48. The number of likely N-dealkylation sites (N-methyl/N-ethyl adjacent to an activating group) is 1. The summed E-state index contributed by atoms with van der Waals surface area (Å²) < 4.78 is 6.77. The van der Waals surface area contributed by atoms with E-state index in [1.807, 2.05) is 29.9 Å². The van der Waals surface area contributed by atoms with Gasteiger partial charge in [0, 0.05) is 33.1 Å². The fourth-order valence-electron chi connectivity index (χ4n) is 1.23. The smallest absolute Gasteiger partial charge is 0.248 e. The van der Waals surface area contributed by atoms with Crippen molar-refractivity contribution < 1.29 is 9.53 Å². The van der Waals surface area contributed by atoms with Gasteiger partial charge < -0.3 is 14.2 Å². The van der Waals surface area contributed by atoms with Crippen molar-refractivity contribution in [1.82, 2.24) is 9.47 Å². The topological polar surface area (TPSA) is 34.5 Å². The monoisotopic (exact) mass is 196 g/mol. The predicted molar refractivity (Wildman–Crippen MR) is 53.8 cm³/mol. The SMILES string of the molecule is COCC(=O)N(C)Cc1cccn1C. The predicted octanol–water partition coefficient (Wildman–Crippen LogP) is 0.630. The average Bonchev–Trinajstić information content (AvgIpc) is 2.52. The molecule has 0 radical (unpaired) electrons. The van der Waals surface area contributed by atoms with E-state index in [1.54, 1.807) is 11.9 Å². The molecule has 1 aromatic rings. The largest absolute Gasteiger partial charge is 0.375 e. The minimum absolute atomic E-state index is 0.00583. The van der Waals surface area contributed by atoms with Crippen LogP contribution in [0.2, 0.25) is 0 Å². The maximum atomic E-state index is 11.4. The van der Waals surface area contributed by atoms with Gasteiger partial charge in [-0.05, 0) is 12.1 Å². The zero-order chi connectivity index (χ0) is 10.6. The number of hydrogen-bond donors (Lipinski definition) is 0. The van der Waals surface area contributed by atoms with Crippen LogP contribution >= 0.6 is 0 Å². The number of aryl methyl sites for hydroxylation is 1. The summed E-state index contributed by atoms with van der Waals surface area (Å²) in [6, 6.07) is 3.96. The molecule has 1 heterocycles. The minimum atomic E-state index is -0.00583. The maximum absolute atomic E-state index is 11.4. The standard InChI is InChI=1S/C10H16N2O2/c1-11-6-4-5-9(11)7-12(2)10(13)8-14-3/h4-6H,7-8H2,1-3H3. The average molecular weight is 196 g/mol. The Morgan fingerprint density at radius 3 is 2.86 bits per heavy atom. The number of carbonyl (C=O) groups excluding carboxylic acids is 1. The van der Waals surface area contributed by atoms with E-state index in [0.717, 1.165) is 5.69 Å². The first kappa shape index (κ1) is 10.8. The number of methoxy groups -OCH3 is 1. The van der Waals surface area contributed by atoms with Crippen molar-refractivity contribution in [3.8, 4) is 0 Å². The highest BCUT2D eigenvalue weighted by molar-refractivity contribution is 5.77. The fourth-order valence-corrected chi connectivity index (χ4v) is 1.23. The van der Waals surface area contributed by atoms with Crippen LogP contribution in [0.15, 0.2) is 18.3 Å². The summed E-state index contributed by atoms with van der Waals surface area (Å²) in [5.74, 6) is -0.00583. The van der Waals surface area contributed by atoms with Gasteiger partial charge in [0.05, 0.1) is 6.54 Å². The van der Waals surface area contributed by atoms with Gasteiger partial charge in [0.1, 0.15) is 6.61 Å². The maximum Gasteiger partial charge on any atom is 0.248 e. The van der Waals surface area contributed by atoms with Crippen molar-refractivity contribution >= 4 is 5.91 Å². The number of rotatable bonds is 4. The molecule has 4 nitrogen and oxygen atoms in total. The van der Waals surface area contributed by atoms with Gasteiger partial charge in [-0.15, -0.1) is 0 Å². The Kier molecular flexibility index (Phi) is 3.71. The number of hydrogen-bond acceptors (Lipinski definition) is 2. The van der Waals surface area contributed by atoms with E-state index in [9.17, 15) is 4.79 Å². The molecule has 0 spiro atoms. The highest BCUT2D eigenvalue weighted by Gasteiger charge is 2.09. The Morgan fingerprint density at radius 1 is 1.64 bits per heavy atom. The van der Waals surface area contributed by atoms with Crippen LogP contribution in [-0.2, 0) is 23.1 Å². The minimum Gasteiger partial charge on any atom is -0.375 e. The van der Waals surface area contributed by atoms with Crippen LogP contribution in [0.4, 0.5) is 0 Å². The second kappa shape index (κ2) is 4.81. The molecule has 0 saturated carbocycles. The van der Waals surface area contributed by atoms with Crippen molar-refractivity contribution in [3.05, 3.63) is 24.0 Å². The van der Waals surface area contributed by atoms with Gasteiger partial charge in [-0.2, -0.15) is 0 Å². The Hall–Kier alpha value is -1.29. The number of carbonyl (C=O) groups is 1. The highest BCUT2D eigenvalue weighted by Crippen LogP contribution is 2.03. The highest BCUT2D eigenvalue weighted by atomic mass is 16.5. The van der Waals surface area contributed by atoms with E-state index in [4.69, 9.17) is 4.74 Å². The second-order valence-corrected chi connectivity index (χ2v) is 3.29. The zero-order valence-corrected chi connectivity index (χ0v) is 8.86. The molecular weight excluding hydrogens is 180 g/mol. The molecule has 0 aliphatic carbocycles. The zero-order valence-electron chi connectivity index (χ0n) is 8.86. The molecule has 1 aromatic heterocycles. The molecule has 0 saturated heterocycles. The third-order valence-electron chi connectivity index (χ3n) is 2.14. The third-order valence-corrected chi connectivity index (χ3v) is 2.14. The molecule has 0 unspecified atom stereocenters. The van der Waals surface area contributed by atoms with Crippen molar-refractivity contribution in [3.63, 3.8) is 0 Å². The molecule has 0 aromatic carbocycles. The summed E-state index contributed by atoms with van der Waals surface area (Å²) in [4.78, 5) is 13.0. The lowest BCUT2D eigenvalue weighted by atomic mass is 10.4. The van der Waals surface area contributed by atoms with E-state index in [0.29, 0.717) is 6.54 Å². The lowest BCUT2D eigenvalue weighted by Gasteiger charge is -2.16. The van der Waals surface area contributed by atoms with E-state index < -0.39 is 0 Å². The van der Waals surface area contributed by atoms with Gasteiger partial charge in [0.25, 0.3) is 0 Å². The Labute approximate surface area is 84.1 Å². The number of aromatic nitrogens is 1. The van der Waals surface area contributed by atoms with Gasteiger partial charge in [-0.25, -0.2) is 0 Å². The molecular formula is C10H16N2O2. The number of ether oxygens (including phenoxy) is 1. The lowest BCUT2D eigenvalue weighted by molar-refractivity contribution is -0.134. The molecule has 1 rings (SSSR count). The van der Waals surface area contributed by atoms with E-state index in [1.165, 1.54) is 7.11 Å². The summed E-state index contributed by atoms with van der Waals surface area (Å²) in [5.41, 5.74) is 1.11. The molecule has 0 aliphatic heterocycles.